The average molecular weight is 353 g/mol. The van der Waals surface area contributed by atoms with Gasteiger partial charge in [0.2, 0.25) is 0 Å². The van der Waals surface area contributed by atoms with E-state index in [4.69, 9.17) is 20.4 Å². The van der Waals surface area contributed by atoms with E-state index in [0.29, 0.717) is 0 Å². The molecule has 0 amide bonds. The highest BCUT2D eigenvalue weighted by Crippen LogP contribution is 2.15. The van der Waals surface area contributed by atoms with Crippen LogP contribution < -0.4 is 18.5 Å². The largest absolute Gasteiger partial charge is 0.481 e. The van der Waals surface area contributed by atoms with Crippen LogP contribution in [-0.2, 0) is 14.4 Å². The van der Waals surface area contributed by atoms with Gasteiger partial charge in [-0.15, -0.1) is 37.2 Å². The van der Waals surface area contributed by atoms with Crippen molar-refractivity contribution in [1.29, 1.82) is 0 Å². The van der Waals surface area contributed by atoms with Crippen LogP contribution in [-0.4, -0.2) is 43.9 Å². The molecule has 19 heavy (non-hydrogen) atoms. The highest BCUT2D eigenvalue weighted by molar-refractivity contribution is 5.88. The maximum atomic E-state index is 10.3. The summed E-state index contributed by atoms with van der Waals surface area (Å²) < 4.78 is 0. The maximum Gasteiger partial charge on any atom is 0.336 e. The van der Waals surface area contributed by atoms with Crippen LogP contribution in [0.25, 0.3) is 0 Å². The lowest BCUT2D eigenvalue weighted by molar-refractivity contribution is -0.170. The molecule has 0 fully saturated rings. The summed E-state index contributed by atoms with van der Waals surface area (Å²) in [5.41, 5.74) is -2.74. The van der Waals surface area contributed by atoms with E-state index < -0.39 is 36.4 Å². The zero-order chi connectivity index (χ0) is 10.6. The molecule has 0 aliphatic heterocycles. The van der Waals surface area contributed by atoms with Gasteiger partial charge in [-0.2, -0.15) is 0 Å². The Morgan fingerprint density at radius 2 is 0.947 bits per heavy atom. The zero-order valence-corrected chi connectivity index (χ0v) is 12.2. The third-order valence-corrected chi connectivity index (χ3v) is 1.29. The Morgan fingerprint density at radius 1 is 0.737 bits per heavy atom. The summed E-state index contributed by atoms with van der Waals surface area (Å²) in [5, 5.41) is 33.8. The molecule has 0 aromatic carbocycles. The minimum Gasteiger partial charge on any atom is -0.481 e. The lowest BCUT2D eigenvalue weighted by Crippen LogP contribution is -2.42. The first kappa shape index (κ1) is 42.9. The van der Waals surface area contributed by atoms with Gasteiger partial charge in [-0.05, 0) is 0 Å². The lowest BCUT2D eigenvalue weighted by atomic mass is 9.96. The first-order valence-corrected chi connectivity index (χ1v) is 3.17. The fourth-order valence-corrected chi connectivity index (χ4v) is 0.714. The number of halogens is 3. The van der Waals surface area contributed by atoms with E-state index in [0.717, 1.165) is 0 Å². The van der Waals surface area contributed by atoms with Gasteiger partial charge in [-0.3, -0.25) is 9.59 Å². The second kappa shape index (κ2) is 17.1. The molecule has 0 atom stereocenters. The van der Waals surface area contributed by atoms with E-state index in [1.54, 1.807) is 0 Å². The Morgan fingerprint density at radius 3 is 1.05 bits per heavy atom. The zero-order valence-electron chi connectivity index (χ0n) is 9.77. The second-order valence-corrected chi connectivity index (χ2v) is 2.48. The molecule has 0 bridgehead atoms. The summed E-state index contributed by atoms with van der Waals surface area (Å²) in [7, 11) is 0. The van der Waals surface area contributed by atoms with Crippen molar-refractivity contribution in [3.8, 4) is 0 Å². The van der Waals surface area contributed by atoms with Crippen LogP contribution in [0.15, 0.2) is 0 Å². The molecule has 0 aliphatic carbocycles. The van der Waals surface area contributed by atoms with Crippen LogP contribution in [0.2, 0.25) is 0 Å². The number of hydrogen-bond donors (Lipinski definition) is 7. The smallest absolute Gasteiger partial charge is 0.336 e. The van der Waals surface area contributed by atoms with Crippen molar-refractivity contribution < 1.29 is 34.8 Å². The molecule has 0 saturated heterocycles. The second-order valence-electron chi connectivity index (χ2n) is 2.48. The fourth-order valence-electron chi connectivity index (χ4n) is 0.714. The SMILES string of the molecule is Cl.Cl.Cl.N.N.N.O=C(O)CC(O)(CC(=O)O)C(=O)O. The molecule has 13 N–H and O–H groups in total. The number of aliphatic carboxylic acids is 3. The average Bonchev–Trinajstić information content (AvgIpc) is 1.82. The van der Waals surface area contributed by atoms with Crippen molar-refractivity contribution >= 4 is 55.1 Å². The summed E-state index contributed by atoms with van der Waals surface area (Å²) in [6.45, 7) is 0. The highest BCUT2D eigenvalue weighted by Gasteiger charge is 2.40. The summed E-state index contributed by atoms with van der Waals surface area (Å²) in [4.78, 5) is 30.5. The Labute approximate surface area is 127 Å². The molecule has 0 heterocycles. The molecule has 0 aromatic rings. The minimum absolute atomic E-state index is 0. The van der Waals surface area contributed by atoms with E-state index in [2.05, 4.69) is 0 Å². The van der Waals surface area contributed by atoms with E-state index in [1.807, 2.05) is 0 Å². The predicted molar refractivity (Wildman–Crippen MR) is 73.9 cm³/mol. The van der Waals surface area contributed by atoms with Crippen molar-refractivity contribution in [2.24, 2.45) is 0 Å². The molecule has 0 radical (unpaired) electrons. The molecule has 13 heteroatoms. The van der Waals surface area contributed by atoms with Crippen LogP contribution in [0.3, 0.4) is 0 Å². The van der Waals surface area contributed by atoms with Gasteiger partial charge in [-0.25, -0.2) is 4.79 Å². The van der Waals surface area contributed by atoms with Crippen molar-refractivity contribution in [2.75, 3.05) is 0 Å². The van der Waals surface area contributed by atoms with Gasteiger partial charge in [0.25, 0.3) is 0 Å². The van der Waals surface area contributed by atoms with Crippen LogP contribution in [0.5, 0.6) is 0 Å². The Bertz CT molecular complexity index is 250. The minimum atomic E-state index is -2.74. The van der Waals surface area contributed by atoms with Gasteiger partial charge >= 0.3 is 17.9 Å². The highest BCUT2D eigenvalue weighted by atomic mass is 35.5. The van der Waals surface area contributed by atoms with Crippen LogP contribution in [0, 0.1) is 0 Å². The molecular formula is C6H20Cl3N3O7. The number of hydrogen-bond acceptors (Lipinski definition) is 7. The molecular weight excluding hydrogens is 332 g/mol. The Kier molecular flexibility index (Phi) is 38.7. The van der Waals surface area contributed by atoms with Gasteiger partial charge in [0.05, 0.1) is 12.8 Å². The summed E-state index contributed by atoms with van der Waals surface area (Å²) in [5.74, 6) is -5.02. The molecule has 0 aromatic heterocycles. The van der Waals surface area contributed by atoms with Crippen molar-refractivity contribution in [3.05, 3.63) is 0 Å². The number of rotatable bonds is 5. The number of aliphatic hydroxyl groups is 1. The summed E-state index contributed by atoms with van der Waals surface area (Å²) in [6.07, 6.45) is -2.29. The predicted octanol–water partition coefficient (Wildman–Crippen LogP) is 0.503. The third-order valence-electron chi connectivity index (χ3n) is 1.29. The van der Waals surface area contributed by atoms with Crippen LogP contribution in [0.1, 0.15) is 12.8 Å². The van der Waals surface area contributed by atoms with Gasteiger partial charge in [0.15, 0.2) is 5.60 Å². The quantitative estimate of drug-likeness (QED) is 0.361. The summed E-state index contributed by atoms with van der Waals surface area (Å²) in [6, 6.07) is 0. The van der Waals surface area contributed by atoms with Gasteiger partial charge in [0, 0.05) is 0 Å². The summed E-state index contributed by atoms with van der Waals surface area (Å²) >= 11 is 0. The van der Waals surface area contributed by atoms with Gasteiger partial charge < -0.3 is 38.9 Å². The molecule has 0 unspecified atom stereocenters. The normalized spacial score (nSPS) is 7.42. The lowest BCUT2D eigenvalue weighted by Gasteiger charge is -2.18. The van der Waals surface area contributed by atoms with Crippen molar-refractivity contribution in [1.82, 2.24) is 18.5 Å². The first-order chi connectivity index (χ1) is 5.78. The van der Waals surface area contributed by atoms with Gasteiger partial charge in [0.1, 0.15) is 0 Å². The maximum absolute atomic E-state index is 10.3. The topological polar surface area (TPSA) is 237 Å². The van der Waals surface area contributed by atoms with Gasteiger partial charge in [-0.1, -0.05) is 0 Å². The van der Waals surface area contributed by atoms with Crippen molar-refractivity contribution in [2.45, 2.75) is 18.4 Å². The molecule has 10 nitrogen and oxygen atoms in total. The molecule has 0 aliphatic rings. The number of carboxylic acids is 3. The van der Waals surface area contributed by atoms with E-state index in [-0.39, 0.29) is 55.7 Å². The van der Waals surface area contributed by atoms with Crippen molar-refractivity contribution in [3.63, 3.8) is 0 Å². The monoisotopic (exact) mass is 351 g/mol. The number of carbonyl (C=O) groups is 3. The van der Waals surface area contributed by atoms with Crippen LogP contribution in [0.4, 0.5) is 0 Å². The number of carboxylic acid groups (broad SMARTS) is 3. The molecule has 0 spiro atoms. The third kappa shape index (κ3) is 17.1. The Balaban J connectivity index is -0.0000000480. The fraction of sp³-hybridized carbons (Fsp3) is 0.500. The molecule has 0 rings (SSSR count). The van der Waals surface area contributed by atoms with Crippen LogP contribution >= 0.6 is 37.2 Å². The standard InChI is InChI=1S/C6H8O7.3ClH.3H3N/c7-3(8)1-6(13,5(11)12)2-4(9)10;;;;;;/h13H,1-2H2,(H,7,8)(H,9,10)(H,11,12);3*1H;3*1H3. The van der Waals surface area contributed by atoms with E-state index in [9.17, 15) is 14.4 Å². The molecule has 122 valence electrons. The molecule has 0 saturated carbocycles. The Hall–Kier alpha value is -0.880. The first-order valence-electron chi connectivity index (χ1n) is 3.17. The van der Waals surface area contributed by atoms with E-state index >= 15 is 0 Å². The van der Waals surface area contributed by atoms with E-state index in [1.165, 1.54) is 0 Å².